The molecule has 0 saturated carbocycles. The standard InChI is InChI=1S/C13H15N3OS/c1-9-7-14-4-5-16(9)13(17)10-2-3-11-12(6-10)18-8-15-11/h2-3,6,8-9,14H,4-5,7H2,1H3/t9-/m1/s1. The van der Waals surface area contributed by atoms with E-state index < -0.39 is 0 Å². The van der Waals surface area contributed by atoms with Crippen molar-refractivity contribution in [1.29, 1.82) is 0 Å². The number of thiazole rings is 1. The van der Waals surface area contributed by atoms with Gasteiger partial charge in [-0.15, -0.1) is 11.3 Å². The van der Waals surface area contributed by atoms with E-state index >= 15 is 0 Å². The van der Waals surface area contributed by atoms with Crippen LogP contribution in [0.5, 0.6) is 0 Å². The van der Waals surface area contributed by atoms with E-state index in [-0.39, 0.29) is 11.9 Å². The molecule has 1 aliphatic rings. The Morgan fingerprint density at radius 1 is 1.56 bits per heavy atom. The lowest BCUT2D eigenvalue weighted by molar-refractivity contribution is 0.0656. The summed E-state index contributed by atoms with van der Waals surface area (Å²) in [5.74, 6) is 0.124. The topological polar surface area (TPSA) is 45.2 Å². The van der Waals surface area contributed by atoms with Crippen molar-refractivity contribution in [3.63, 3.8) is 0 Å². The summed E-state index contributed by atoms with van der Waals surface area (Å²) in [5, 5.41) is 3.29. The molecule has 0 spiro atoms. The number of nitrogens with one attached hydrogen (secondary N) is 1. The summed E-state index contributed by atoms with van der Waals surface area (Å²) in [7, 11) is 0. The molecule has 0 bridgehead atoms. The van der Waals surface area contributed by atoms with Crippen molar-refractivity contribution in [2.24, 2.45) is 0 Å². The van der Waals surface area contributed by atoms with Crippen LogP contribution in [0.4, 0.5) is 0 Å². The Kier molecular flexibility index (Phi) is 3.01. The monoisotopic (exact) mass is 261 g/mol. The fourth-order valence-electron chi connectivity index (χ4n) is 2.30. The van der Waals surface area contributed by atoms with Crippen LogP contribution in [0.3, 0.4) is 0 Å². The van der Waals surface area contributed by atoms with E-state index in [9.17, 15) is 4.79 Å². The van der Waals surface area contributed by atoms with Crippen molar-refractivity contribution in [3.8, 4) is 0 Å². The number of hydrogen-bond acceptors (Lipinski definition) is 4. The molecule has 5 heteroatoms. The maximum atomic E-state index is 12.5. The van der Waals surface area contributed by atoms with Gasteiger partial charge in [0.1, 0.15) is 0 Å². The number of piperazine rings is 1. The Morgan fingerprint density at radius 3 is 3.28 bits per heavy atom. The normalized spacial score (nSPS) is 20.3. The first-order valence-corrected chi connectivity index (χ1v) is 6.98. The van der Waals surface area contributed by atoms with Gasteiger partial charge in [0.05, 0.1) is 15.7 Å². The minimum absolute atomic E-state index is 0.124. The number of fused-ring (bicyclic) bond motifs is 1. The first kappa shape index (κ1) is 11.6. The second kappa shape index (κ2) is 4.66. The molecule has 1 N–H and O–H groups in total. The zero-order chi connectivity index (χ0) is 12.5. The van der Waals surface area contributed by atoms with Crippen molar-refractivity contribution in [3.05, 3.63) is 29.3 Å². The molecule has 1 aromatic heterocycles. The summed E-state index contributed by atoms with van der Waals surface area (Å²) in [6.45, 7) is 4.60. The van der Waals surface area contributed by atoms with Gasteiger partial charge in [-0.2, -0.15) is 0 Å². The number of carbonyl (C=O) groups is 1. The van der Waals surface area contributed by atoms with Crippen molar-refractivity contribution in [1.82, 2.24) is 15.2 Å². The maximum absolute atomic E-state index is 12.5. The Balaban J connectivity index is 1.90. The Morgan fingerprint density at radius 2 is 2.44 bits per heavy atom. The molecule has 18 heavy (non-hydrogen) atoms. The molecule has 1 atom stereocenters. The molecule has 1 saturated heterocycles. The van der Waals surface area contributed by atoms with E-state index in [0.29, 0.717) is 0 Å². The van der Waals surface area contributed by atoms with Crippen LogP contribution in [-0.2, 0) is 0 Å². The number of carbonyl (C=O) groups excluding carboxylic acids is 1. The molecule has 3 rings (SSSR count). The maximum Gasteiger partial charge on any atom is 0.254 e. The van der Waals surface area contributed by atoms with Crippen LogP contribution in [0.1, 0.15) is 17.3 Å². The van der Waals surface area contributed by atoms with Crippen LogP contribution < -0.4 is 5.32 Å². The van der Waals surface area contributed by atoms with Gasteiger partial charge in [0, 0.05) is 31.2 Å². The van der Waals surface area contributed by atoms with Gasteiger partial charge < -0.3 is 10.2 Å². The average molecular weight is 261 g/mol. The van der Waals surface area contributed by atoms with Crippen LogP contribution in [0.25, 0.3) is 10.2 Å². The van der Waals surface area contributed by atoms with Gasteiger partial charge in [-0.1, -0.05) is 0 Å². The van der Waals surface area contributed by atoms with Crippen molar-refractivity contribution in [2.45, 2.75) is 13.0 Å². The van der Waals surface area contributed by atoms with Crippen molar-refractivity contribution < 1.29 is 4.79 Å². The Bertz CT molecular complexity index is 580. The summed E-state index contributed by atoms with van der Waals surface area (Å²) >= 11 is 1.57. The second-order valence-electron chi connectivity index (χ2n) is 4.59. The molecule has 0 radical (unpaired) electrons. The van der Waals surface area contributed by atoms with Gasteiger partial charge in [0.15, 0.2) is 0 Å². The highest BCUT2D eigenvalue weighted by Crippen LogP contribution is 2.20. The molecular formula is C13H15N3OS. The number of amides is 1. The number of benzene rings is 1. The fraction of sp³-hybridized carbons (Fsp3) is 0.385. The van der Waals surface area contributed by atoms with Crippen LogP contribution in [0.15, 0.2) is 23.7 Å². The van der Waals surface area contributed by atoms with Gasteiger partial charge in [-0.05, 0) is 25.1 Å². The summed E-state index contributed by atoms with van der Waals surface area (Å²) in [6, 6.07) is 6.00. The molecular weight excluding hydrogens is 246 g/mol. The van der Waals surface area contributed by atoms with E-state index in [1.807, 2.05) is 28.6 Å². The molecule has 2 aromatic rings. The van der Waals surface area contributed by atoms with E-state index in [4.69, 9.17) is 0 Å². The van der Waals surface area contributed by atoms with Gasteiger partial charge >= 0.3 is 0 Å². The number of aromatic nitrogens is 1. The lowest BCUT2D eigenvalue weighted by Crippen LogP contribution is -2.52. The molecule has 94 valence electrons. The summed E-state index contributed by atoms with van der Waals surface area (Å²) in [5.41, 5.74) is 3.54. The van der Waals surface area contributed by atoms with Crippen molar-refractivity contribution in [2.75, 3.05) is 19.6 Å². The van der Waals surface area contributed by atoms with Gasteiger partial charge in [0.2, 0.25) is 0 Å². The van der Waals surface area contributed by atoms with Gasteiger partial charge in [-0.25, -0.2) is 4.98 Å². The molecule has 4 nitrogen and oxygen atoms in total. The van der Waals surface area contributed by atoms with Gasteiger partial charge in [-0.3, -0.25) is 4.79 Å². The fourth-order valence-corrected chi connectivity index (χ4v) is 3.01. The highest BCUT2D eigenvalue weighted by atomic mass is 32.1. The van der Waals surface area contributed by atoms with Crippen LogP contribution in [0.2, 0.25) is 0 Å². The minimum atomic E-state index is 0.124. The summed E-state index contributed by atoms with van der Waals surface area (Å²) in [4.78, 5) is 18.6. The van der Waals surface area contributed by atoms with Gasteiger partial charge in [0.25, 0.3) is 5.91 Å². The minimum Gasteiger partial charge on any atom is -0.333 e. The molecule has 1 amide bonds. The largest absolute Gasteiger partial charge is 0.333 e. The van der Waals surface area contributed by atoms with E-state index in [0.717, 1.165) is 35.4 Å². The Labute approximate surface area is 110 Å². The van der Waals surface area contributed by atoms with Crippen molar-refractivity contribution >= 4 is 27.5 Å². The molecule has 0 aliphatic carbocycles. The molecule has 1 aliphatic heterocycles. The third kappa shape index (κ3) is 2.00. The first-order valence-electron chi connectivity index (χ1n) is 6.10. The summed E-state index contributed by atoms with van der Waals surface area (Å²) in [6.07, 6.45) is 0. The smallest absolute Gasteiger partial charge is 0.254 e. The summed E-state index contributed by atoms with van der Waals surface area (Å²) < 4.78 is 1.07. The lowest BCUT2D eigenvalue weighted by atomic mass is 10.1. The first-order chi connectivity index (χ1) is 8.75. The number of nitrogens with zero attached hydrogens (tertiary/aromatic N) is 2. The van der Waals surface area contributed by atoms with E-state index in [2.05, 4.69) is 17.2 Å². The SMILES string of the molecule is C[C@@H]1CNCCN1C(=O)c1ccc2ncsc2c1. The predicted octanol–water partition coefficient (Wildman–Crippen LogP) is 1.73. The zero-order valence-corrected chi connectivity index (χ0v) is 11.0. The highest BCUT2D eigenvalue weighted by Gasteiger charge is 2.24. The number of hydrogen-bond donors (Lipinski definition) is 1. The van der Waals surface area contributed by atoms with Crippen LogP contribution >= 0.6 is 11.3 Å². The molecule has 0 unspecified atom stereocenters. The zero-order valence-electron chi connectivity index (χ0n) is 10.2. The molecule has 1 fully saturated rings. The second-order valence-corrected chi connectivity index (χ2v) is 5.47. The quantitative estimate of drug-likeness (QED) is 0.850. The predicted molar refractivity (Wildman–Crippen MR) is 73.0 cm³/mol. The molecule has 2 heterocycles. The molecule has 1 aromatic carbocycles. The Hall–Kier alpha value is -1.46. The van der Waals surface area contributed by atoms with E-state index in [1.165, 1.54) is 0 Å². The highest BCUT2D eigenvalue weighted by molar-refractivity contribution is 7.16. The average Bonchev–Trinajstić information content (AvgIpc) is 2.85. The van der Waals surface area contributed by atoms with Crippen LogP contribution in [-0.4, -0.2) is 41.5 Å². The lowest BCUT2D eigenvalue weighted by Gasteiger charge is -2.34. The third-order valence-electron chi connectivity index (χ3n) is 3.34. The number of rotatable bonds is 1. The van der Waals surface area contributed by atoms with Crippen LogP contribution in [0, 0.1) is 0 Å². The third-order valence-corrected chi connectivity index (χ3v) is 4.13. The van der Waals surface area contributed by atoms with E-state index in [1.54, 1.807) is 11.3 Å².